The molecule has 4 aromatic carbocycles. The number of hydrogen-bond donors (Lipinski definition) is 1. The van der Waals surface area contributed by atoms with Crippen LogP contribution in [0.1, 0.15) is 16.1 Å². The highest BCUT2D eigenvalue weighted by Crippen LogP contribution is 2.40. The lowest BCUT2D eigenvalue weighted by Crippen LogP contribution is -2.10. The minimum Gasteiger partial charge on any atom is -0.497 e. The third kappa shape index (κ3) is 6.44. The normalized spacial score (nSPS) is 11.4. The molecular weight excluding hydrogens is 555 g/mol. The van der Waals surface area contributed by atoms with Crippen LogP contribution >= 0.6 is 11.3 Å². The number of aryl methyl sites for hydroxylation is 1. The number of nitrogens with zero attached hydrogens (tertiary/aromatic N) is 1. The molecule has 0 spiro atoms. The fourth-order valence-corrected chi connectivity index (χ4v) is 5.28. The fraction of sp³-hybridized carbons (Fsp3) is 0.161. The zero-order valence-electron chi connectivity index (χ0n) is 22.0. The summed E-state index contributed by atoms with van der Waals surface area (Å²) >= 11 is 1.40. The van der Waals surface area contributed by atoms with Crippen molar-refractivity contribution < 1.29 is 37.3 Å². The van der Waals surface area contributed by atoms with E-state index in [1.807, 2.05) is 36.4 Å². The van der Waals surface area contributed by atoms with Gasteiger partial charge in [-0.25, -0.2) is 9.78 Å². The van der Waals surface area contributed by atoms with Crippen molar-refractivity contribution in [2.24, 2.45) is 0 Å². The first-order valence-corrected chi connectivity index (χ1v) is 13.3. The fourth-order valence-electron chi connectivity index (χ4n) is 4.28. The molecule has 0 atom stereocenters. The van der Waals surface area contributed by atoms with E-state index in [-0.39, 0.29) is 6.61 Å². The highest BCUT2D eigenvalue weighted by molar-refractivity contribution is 7.15. The molecule has 210 valence electrons. The van der Waals surface area contributed by atoms with Crippen molar-refractivity contribution in [2.45, 2.75) is 19.7 Å². The van der Waals surface area contributed by atoms with E-state index in [0.717, 1.165) is 39.1 Å². The third-order valence-corrected chi connectivity index (χ3v) is 7.40. The molecule has 1 aromatic heterocycles. The topological polar surface area (TPSA) is 77.9 Å². The number of hydrogen-bond acceptors (Lipinski definition) is 6. The first-order chi connectivity index (χ1) is 19.6. The molecule has 0 saturated heterocycles. The Hall–Kier alpha value is -4.57. The minimum absolute atomic E-state index is 0.123. The summed E-state index contributed by atoms with van der Waals surface area (Å²) < 4.78 is 56.1. The number of aliphatic carboxylic acids is 1. The summed E-state index contributed by atoms with van der Waals surface area (Å²) in [6, 6.07) is 21.7. The number of ether oxygens (including phenoxy) is 3. The van der Waals surface area contributed by atoms with Gasteiger partial charge in [-0.05, 0) is 77.4 Å². The number of halogens is 3. The van der Waals surface area contributed by atoms with Crippen LogP contribution in [0.3, 0.4) is 0 Å². The van der Waals surface area contributed by atoms with Crippen molar-refractivity contribution >= 4 is 28.1 Å². The number of fused-ring (bicyclic) bond motifs is 1. The first kappa shape index (κ1) is 28.0. The van der Waals surface area contributed by atoms with Crippen molar-refractivity contribution in [1.82, 2.24) is 4.98 Å². The van der Waals surface area contributed by atoms with Gasteiger partial charge < -0.3 is 19.3 Å². The van der Waals surface area contributed by atoms with Crippen LogP contribution in [-0.4, -0.2) is 29.8 Å². The van der Waals surface area contributed by atoms with E-state index in [0.29, 0.717) is 33.3 Å². The smallest absolute Gasteiger partial charge is 0.416 e. The molecule has 1 N–H and O–H groups in total. The molecule has 0 fully saturated rings. The summed E-state index contributed by atoms with van der Waals surface area (Å²) in [5.41, 5.74) is 1.97. The molecule has 5 aromatic rings. The number of carbonyl (C=O) groups is 1. The first-order valence-electron chi connectivity index (χ1n) is 12.4. The quantitative estimate of drug-likeness (QED) is 0.191. The van der Waals surface area contributed by atoms with E-state index >= 15 is 0 Å². The van der Waals surface area contributed by atoms with Gasteiger partial charge in [-0.15, -0.1) is 11.3 Å². The van der Waals surface area contributed by atoms with Crippen molar-refractivity contribution in [3.63, 3.8) is 0 Å². The molecule has 5 rings (SSSR count). The molecule has 0 aliphatic rings. The van der Waals surface area contributed by atoms with Crippen LogP contribution in [0.2, 0.25) is 0 Å². The maximum absolute atomic E-state index is 13.2. The van der Waals surface area contributed by atoms with Crippen LogP contribution in [0.25, 0.3) is 32.5 Å². The molecular formula is C31H24F3NO5S. The maximum atomic E-state index is 13.2. The molecule has 0 aliphatic carbocycles. The van der Waals surface area contributed by atoms with E-state index in [1.165, 1.54) is 23.5 Å². The van der Waals surface area contributed by atoms with E-state index in [9.17, 15) is 18.0 Å². The maximum Gasteiger partial charge on any atom is 0.416 e. The molecule has 41 heavy (non-hydrogen) atoms. The highest BCUT2D eigenvalue weighted by Gasteiger charge is 2.30. The molecule has 6 nitrogen and oxygen atoms in total. The van der Waals surface area contributed by atoms with Crippen LogP contribution in [0.5, 0.6) is 17.2 Å². The number of methoxy groups -OCH3 is 1. The minimum atomic E-state index is -4.44. The Labute approximate surface area is 237 Å². The van der Waals surface area contributed by atoms with Gasteiger partial charge in [0.15, 0.2) is 6.61 Å². The Morgan fingerprint density at radius 3 is 2.24 bits per heavy atom. The monoisotopic (exact) mass is 579 g/mol. The SMILES string of the molecule is COc1ccc2cc(-c3sc(COc4ccc(OCC(=O)O)c(C)c4)nc3-c3ccc(C(F)(F)F)cc3)ccc2c1. The van der Waals surface area contributed by atoms with Gasteiger partial charge in [0.05, 0.1) is 23.2 Å². The van der Waals surface area contributed by atoms with Gasteiger partial charge in [0.25, 0.3) is 0 Å². The van der Waals surface area contributed by atoms with Gasteiger partial charge in [-0.2, -0.15) is 13.2 Å². The van der Waals surface area contributed by atoms with Gasteiger partial charge in [-0.3, -0.25) is 0 Å². The van der Waals surface area contributed by atoms with E-state index < -0.39 is 24.3 Å². The second-order valence-electron chi connectivity index (χ2n) is 9.19. The Bertz CT molecular complexity index is 1710. The van der Waals surface area contributed by atoms with E-state index in [1.54, 1.807) is 32.2 Å². The number of benzene rings is 4. The van der Waals surface area contributed by atoms with Crippen LogP contribution in [0, 0.1) is 6.92 Å². The molecule has 0 aliphatic heterocycles. The van der Waals surface area contributed by atoms with Crippen molar-refractivity contribution in [3.05, 3.63) is 95.0 Å². The summed E-state index contributed by atoms with van der Waals surface area (Å²) in [4.78, 5) is 16.3. The van der Waals surface area contributed by atoms with E-state index in [4.69, 9.17) is 24.3 Å². The van der Waals surface area contributed by atoms with Crippen molar-refractivity contribution in [3.8, 4) is 38.9 Å². The van der Waals surface area contributed by atoms with Crippen molar-refractivity contribution in [2.75, 3.05) is 13.7 Å². The Morgan fingerprint density at radius 2 is 1.56 bits per heavy atom. The predicted molar refractivity (Wildman–Crippen MR) is 151 cm³/mol. The van der Waals surface area contributed by atoms with Gasteiger partial charge in [-0.1, -0.05) is 30.3 Å². The predicted octanol–water partition coefficient (Wildman–Crippen LogP) is 8.01. The van der Waals surface area contributed by atoms with Gasteiger partial charge in [0.2, 0.25) is 0 Å². The second kappa shape index (κ2) is 11.5. The number of aromatic nitrogens is 1. The van der Waals surface area contributed by atoms with Crippen LogP contribution in [-0.2, 0) is 17.6 Å². The molecule has 10 heteroatoms. The Morgan fingerprint density at radius 1 is 0.878 bits per heavy atom. The molecule has 0 bridgehead atoms. The zero-order chi connectivity index (χ0) is 29.1. The lowest BCUT2D eigenvalue weighted by atomic mass is 10.0. The standard InChI is InChI=1S/C31H24F3NO5S/c1-18-13-25(11-12-26(18)40-17-28(36)37)39-16-27-35-29(19-5-8-23(9-6-19)31(32,33)34)30(41-27)22-4-3-21-15-24(38-2)10-7-20(21)14-22/h3-15H,16-17H2,1-2H3,(H,36,37). The average molecular weight is 580 g/mol. The molecule has 0 radical (unpaired) electrons. The molecule has 0 unspecified atom stereocenters. The van der Waals surface area contributed by atoms with Crippen molar-refractivity contribution in [1.29, 1.82) is 0 Å². The third-order valence-electron chi connectivity index (χ3n) is 6.33. The number of carboxylic acids is 1. The van der Waals surface area contributed by atoms with Gasteiger partial charge in [0.1, 0.15) is 28.9 Å². The second-order valence-corrected chi connectivity index (χ2v) is 10.3. The highest BCUT2D eigenvalue weighted by atomic mass is 32.1. The van der Waals surface area contributed by atoms with Gasteiger partial charge >= 0.3 is 12.1 Å². The van der Waals surface area contributed by atoms with Crippen LogP contribution < -0.4 is 14.2 Å². The van der Waals surface area contributed by atoms with Crippen LogP contribution in [0.15, 0.2) is 78.9 Å². The van der Waals surface area contributed by atoms with Gasteiger partial charge in [0, 0.05) is 5.56 Å². The summed E-state index contributed by atoms with van der Waals surface area (Å²) in [5, 5.41) is 11.4. The van der Waals surface area contributed by atoms with Crippen LogP contribution in [0.4, 0.5) is 13.2 Å². The Kier molecular flexibility index (Phi) is 7.85. The summed E-state index contributed by atoms with van der Waals surface area (Å²) in [5.74, 6) is 0.649. The number of alkyl halides is 3. The Balaban J connectivity index is 1.47. The lowest BCUT2D eigenvalue weighted by Gasteiger charge is -2.09. The average Bonchev–Trinajstić information content (AvgIpc) is 3.39. The zero-order valence-corrected chi connectivity index (χ0v) is 22.8. The molecule has 0 saturated carbocycles. The van der Waals surface area contributed by atoms with E-state index in [2.05, 4.69) is 0 Å². The summed E-state index contributed by atoms with van der Waals surface area (Å²) in [7, 11) is 1.61. The molecule has 0 amide bonds. The number of rotatable bonds is 9. The lowest BCUT2D eigenvalue weighted by molar-refractivity contribution is -0.139. The summed E-state index contributed by atoms with van der Waals surface area (Å²) in [6.07, 6.45) is -4.44. The largest absolute Gasteiger partial charge is 0.497 e. The number of carboxylic acid groups (broad SMARTS) is 1. The summed E-state index contributed by atoms with van der Waals surface area (Å²) in [6.45, 7) is 1.46. The number of thiazole rings is 1. The molecule has 1 heterocycles.